The number of benzene rings is 1. The number of hydrogen-bond acceptors (Lipinski definition) is 2. The average molecular weight is 229 g/mol. The van der Waals surface area contributed by atoms with Crippen molar-refractivity contribution < 1.29 is 12.8 Å². The molecule has 0 N–H and O–H groups in total. The molecule has 1 aromatic carbocycles. The second-order valence-electron chi connectivity index (χ2n) is 2.01. The molecule has 12 heavy (non-hydrogen) atoms. The highest BCUT2D eigenvalue weighted by molar-refractivity contribution is 8.13. The third-order valence-corrected chi connectivity index (χ3v) is 2.73. The van der Waals surface area contributed by atoms with Crippen LogP contribution in [0.2, 0.25) is 5.02 Å². The van der Waals surface area contributed by atoms with Gasteiger partial charge in [-0.2, -0.15) is 0 Å². The van der Waals surface area contributed by atoms with Crippen molar-refractivity contribution in [3.8, 4) is 0 Å². The quantitative estimate of drug-likeness (QED) is 0.693. The fraction of sp³-hybridized carbons (Fsp3) is 0. The summed E-state index contributed by atoms with van der Waals surface area (Å²) in [6, 6.07) is 3.14. The molecule has 0 bridgehead atoms. The summed E-state index contributed by atoms with van der Waals surface area (Å²) in [4.78, 5) is -0.600. The monoisotopic (exact) mass is 228 g/mol. The zero-order valence-corrected chi connectivity index (χ0v) is 7.92. The van der Waals surface area contributed by atoms with Crippen molar-refractivity contribution in [2.24, 2.45) is 0 Å². The normalized spacial score (nSPS) is 11.6. The molecule has 66 valence electrons. The van der Waals surface area contributed by atoms with Crippen LogP contribution in [0.5, 0.6) is 0 Å². The van der Waals surface area contributed by atoms with Gasteiger partial charge in [0.1, 0.15) is 10.7 Å². The first-order valence-electron chi connectivity index (χ1n) is 2.81. The first-order chi connectivity index (χ1) is 5.41. The Morgan fingerprint density at radius 3 is 2.33 bits per heavy atom. The summed E-state index contributed by atoms with van der Waals surface area (Å²) in [6.45, 7) is 0. The van der Waals surface area contributed by atoms with Gasteiger partial charge >= 0.3 is 0 Å². The molecule has 0 saturated heterocycles. The maximum absolute atomic E-state index is 12.7. The summed E-state index contributed by atoms with van der Waals surface area (Å²) in [5.74, 6) is -0.908. The van der Waals surface area contributed by atoms with Gasteiger partial charge in [-0.3, -0.25) is 0 Å². The Kier molecular flexibility index (Phi) is 2.61. The summed E-state index contributed by atoms with van der Waals surface area (Å²) in [5, 5.41) is 0.121. The van der Waals surface area contributed by atoms with E-state index in [2.05, 4.69) is 0 Å². The molecule has 0 spiro atoms. The van der Waals surface area contributed by atoms with Gasteiger partial charge < -0.3 is 0 Å². The van der Waals surface area contributed by atoms with Crippen molar-refractivity contribution in [3.05, 3.63) is 29.0 Å². The number of halogens is 3. The number of hydrogen-bond donors (Lipinski definition) is 0. The Bertz CT molecular complexity index is 402. The third-order valence-electron chi connectivity index (χ3n) is 1.16. The summed E-state index contributed by atoms with van der Waals surface area (Å²) < 4.78 is 34.1. The molecule has 0 aliphatic rings. The number of rotatable bonds is 1. The van der Waals surface area contributed by atoms with Crippen LogP contribution < -0.4 is 0 Å². The van der Waals surface area contributed by atoms with Gasteiger partial charge in [-0.1, -0.05) is 11.6 Å². The highest BCUT2D eigenvalue weighted by Crippen LogP contribution is 2.22. The highest BCUT2D eigenvalue weighted by atomic mass is 35.7. The summed E-state index contributed by atoms with van der Waals surface area (Å²) >= 11 is 5.43. The molecule has 0 atom stereocenters. The van der Waals surface area contributed by atoms with Crippen molar-refractivity contribution in [1.82, 2.24) is 0 Å². The van der Waals surface area contributed by atoms with Crippen molar-refractivity contribution in [2.45, 2.75) is 4.90 Å². The second kappa shape index (κ2) is 3.20. The van der Waals surface area contributed by atoms with Crippen LogP contribution >= 0.6 is 22.3 Å². The van der Waals surface area contributed by atoms with E-state index in [9.17, 15) is 12.8 Å². The van der Waals surface area contributed by atoms with Gasteiger partial charge in [-0.25, -0.2) is 12.8 Å². The van der Waals surface area contributed by atoms with Crippen LogP contribution in [0.1, 0.15) is 0 Å². The minimum atomic E-state index is -4.04. The fourth-order valence-corrected chi connectivity index (χ4v) is 1.82. The van der Waals surface area contributed by atoms with E-state index in [4.69, 9.17) is 22.3 Å². The molecule has 0 aliphatic heterocycles. The zero-order valence-electron chi connectivity index (χ0n) is 5.59. The van der Waals surface area contributed by atoms with Gasteiger partial charge in [0.25, 0.3) is 9.05 Å². The largest absolute Gasteiger partial charge is 0.264 e. The Morgan fingerprint density at radius 2 is 1.92 bits per heavy atom. The van der Waals surface area contributed by atoms with E-state index in [0.717, 1.165) is 12.1 Å². The predicted octanol–water partition coefficient (Wildman–Crippen LogP) is 2.41. The lowest BCUT2D eigenvalue weighted by Crippen LogP contribution is -1.94. The van der Waals surface area contributed by atoms with Gasteiger partial charge in [-0.05, 0) is 18.2 Å². The van der Waals surface area contributed by atoms with Gasteiger partial charge in [0.2, 0.25) is 0 Å². The van der Waals surface area contributed by atoms with E-state index in [0.29, 0.717) is 0 Å². The van der Waals surface area contributed by atoms with Crippen LogP contribution in [-0.2, 0) is 9.05 Å². The zero-order chi connectivity index (χ0) is 9.35. The van der Waals surface area contributed by atoms with Crippen molar-refractivity contribution in [3.63, 3.8) is 0 Å². The molecule has 0 saturated carbocycles. The smallest absolute Gasteiger partial charge is 0.207 e. The molecule has 2 nitrogen and oxygen atoms in total. The molecule has 0 amide bonds. The maximum Gasteiger partial charge on any atom is 0.264 e. The summed E-state index contributed by atoms with van der Waals surface area (Å²) in [6.07, 6.45) is 0. The van der Waals surface area contributed by atoms with Crippen LogP contribution in [0.15, 0.2) is 23.1 Å². The van der Waals surface area contributed by atoms with E-state index in [1.807, 2.05) is 0 Å². The molecule has 6 heteroatoms. The molecule has 0 aromatic heterocycles. The summed E-state index contributed by atoms with van der Waals surface area (Å²) in [7, 11) is 0.866. The fourth-order valence-electron chi connectivity index (χ4n) is 0.664. The highest BCUT2D eigenvalue weighted by Gasteiger charge is 2.15. The topological polar surface area (TPSA) is 34.1 Å². The Labute approximate surface area is 78.3 Å². The van der Waals surface area contributed by atoms with E-state index < -0.39 is 19.8 Å². The average Bonchev–Trinajstić information content (AvgIpc) is 1.92. The van der Waals surface area contributed by atoms with E-state index in [1.165, 1.54) is 6.07 Å². The minimum absolute atomic E-state index is 0.121. The van der Waals surface area contributed by atoms with Gasteiger partial charge in [-0.15, -0.1) is 0 Å². The summed E-state index contributed by atoms with van der Waals surface area (Å²) in [5.41, 5.74) is 0. The molecule has 0 unspecified atom stereocenters. The van der Waals surface area contributed by atoms with E-state index >= 15 is 0 Å². The third kappa shape index (κ3) is 2.09. The van der Waals surface area contributed by atoms with E-state index in [1.54, 1.807) is 0 Å². The lowest BCUT2D eigenvalue weighted by atomic mass is 10.3. The predicted molar refractivity (Wildman–Crippen MR) is 44.4 cm³/mol. The SMILES string of the molecule is O=S(=O)(Cl)c1cc(Cl)ccc1F. The van der Waals surface area contributed by atoms with Crippen LogP contribution in [0.3, 0.4) is 0 Å². The Morgan fingerprint density at radius 1 is 1.33 bits per heavy atom. The molecule has 0 fully saturated rings. The Hall–Kier alpha value is -0.320. The van der Waals surface area contributed by atoms with Crippen LogP contribution in [0.25, 0.3) is 0 Å². The van der Waals surface area contributed by atoms with Crippen molar-refractivity contribution >= 4 is 31.3 Å². The Balaban J connectivity index is 3.43. The van der Waals surface area contributed by atoms with Crippen LogP contribution in [0.4, 0.5) is 4.39 Å². The molecular weight excluding hydrogens is 226 g/mol. The van der Waals surface area contributed by atoms with Crippen molar-refractivity contribution in [1.29, 1.82) is 0 Å². The van der Waals surface area contributed by atoms with Gasteiger partial charge in [0.15, 0.2) is 0 Å². The maximum atomic E-state index is 12.7. The molecule has 1 aromatic rings. The standard InChI is InChI=1S/C6H3Cl2FO2S/c7-4-1-2-5(9)6(3-4)12(8,10)11/h1-3H. The molecule has 0 aliphatic carbocycles. The molecule has 0 heterocycles. The van der Waals surface area contributed by atoms with E-state index in [-0.39, 0.29) is 5.02 Å². The van der Waals surface area contributed by atoms with Crippen LogP contribution in [0, 0.1) is 5.82 Å². The van der Waals surface area contributed by atoms with Gasteiger partial charge in [0.05, 0.1) is 0 Å². The minimum Gasteiger partial charge on any atom is -0.207 e. The van der Waals surface area contributed by atoms with Gasteiger partial charge in [0, 0.05) is 15.7 Å². The van der Waals surface area contributed by atoms with Crippen molar-refractivity contribution in [2.75, 3.05) is 0 Å². The first-order valence-corrected chi connectivity index (χ1v) is 5.50. The molecule has 0 radical (unpaired) electrons. The first kappa shape index (κ1) is 9.77. The lowest BCUT2D eigenvalue weighted by molar-refractivity contribution is 0.575. The second-order valence-corrected chi connectivity index (χ2v) is 4.98. The lowest BCUT2D eigenvalue weighted by Gasteiger charge is -1.97. The molecular formula is C6H3Cl2FO2S. The molecule has 1 rings (SSSR count). The van der Waals surface area contributed by atoms with Crippen LogP contribution in [-0.4, -0.2) is 8.42 Å².